The molecule has 0 unspecified atom stereocenters. The molecule has 0 bridgehead atoms. The number of rotatable bonds is 2. The van der Waals surface area contributed by atoms with Crippen molar-refractivity contribution in [1.82, 2.24) is 9.97 Å². The molecule has 1 aliphatic rings. The number of aryl methyl sites for hydroxylation is 1. The largest absolute Gasteiger partial charge is 0.346 e. The summed E-state index contributed by atoms with van der Waals surface area (Å²) in [5.41, 5.74) is 3.62. The number of nitrogens with one attached hydrogen (secondary N) is 1. The average Bonchev–Trinajstić information content (AvgIpc) is 2.36. The molecule has 0 atom stereocenters. The molecule has 3 rings (SSSR count). The number of aromatic nitrogens is 2. The van der Waals surface area contributed by atoms with Crippen molar-refractivity contribution < 1.29 is 0 Å². The molecule has 1 fully saturated rings. The Labute approximate surface area is 118 Å². The monoisotopic (exact) mass is 270 g/mol. The van der Waals surface area contributed by atoms with Crippen molar-refractivity contribution in [1.29, 1.82) is 0 Å². The molecule has 0 spiro atoms. The van der Waals surface area contributed by atoms with Gasteiger partial charge in [0.2, 0.25) is 0 Å². The van der Waals surface area contributed by atoms with Crippen molar-refractivity contribution >= 4 is 12.2 Å². The van der Waals surface area contributed by atoms with Gasteiger partial charge in [-0.1, -0.05) is 49.0 Å². The first kappa shape index (κ1) is 12.5. The Kier molecular flexibility index (Phi) is 3.02. The molecule has 2 aromatic rings. The molecule has 0 aliphatic heterocycles. The van der Waals surface area contributed by atoms with E-state index in [1.807, 2.05) is 6.92 Å². The summed E-state index contributed by atoms with van der Waals surface area (Å²) in [5.74, 6) is 1.04. The molecule has 1 N–H and O–H groups in total. The highest BCUT2D eigenvalue weighted by molar-refractivity contribution is 7.71. The van der Waals surface area contributed by atoms with E-state index in [0.29, 0.717) is 0 Å². The summed E-state index contributed by atoms with van der Waals surface area (Å²) < 4.78 is 0.730. The van der Waals surface area contributed by atoms with E-state index in [2.05, 4.69) is 47.2 Å². The zero-order chi connectivity index (χ0) is 13.5. The van der Waals surface area contributed by atoms with Gasteiger partial charge in [-0.3, -0.25) is 0 Å². The Hall–Kier alpha value is -1.48. The molecular weight excluding hydrogens is 252 g/mol. The minimum Gasteiger partial charge on any atom is -0.346 e. The number of hydrogen-bond donors (Lipinski definition) is 1. The third-order valence-electron chi connectivity index (χ3n) is 4.39. The van der Waals surface area contributed by atoms with Gasteiger partial charge in [-0.15, -0.1) is 0 Å². The predicted molar refractivity (Wildman–Crippen MR) is 80.0 cm³/mol. The van der Waals surface area contributed by atoms with Gasteiger partial charge in [-0.05, 0) is 32.3 Å². The second kappa shape index (κ2) is 4.57. The van der Waals surface area contributed by atoms with E-state index >= 15 is 0 Å². The lowest BCUT2D eigenvalue weighted by Gasteiger charge is -2.41. The highest BCUT2D eigenvalue weighted by Gasteiger charge is 2.42. The number of benzene rings is 1. The van der Waals surface area contributed by atoms with Gasteiger partial charge in [0.25, 0.3) is 0 Å². The summed E-state index contributed by atoms with van der Waals surface area (Å²) in [7, 11) is 0. The van der Waals surface area contributed by atoms with E-state index in [0.717, 1.165) is 34.6 Å². The van der Waals surface area contributed by atoms with Crippen molar-refractivity contribution in [3.05, 3.63) is 57.6 Å². The topological polar surface area (TPSA) is 28.7 Å². The Morgan fingerprint density at radius 1 is 1.16 bits per heavy atom. The van der Waals surface area contributed by atoms with Gasteiger partial charge < -0.3 is 4.98 Å². The molecule has 3 heteroatoms. The quantitative estimate of drug-likeness (QED) is 0.827. The van der Waals surface area contributed by atoms with Crippen molar-refractivity contribution in [2.45, 2.75) is 38.5 Å². The van der Waals surface area contributed by atoms with Gasteiger partial charge in [-0.25, -0.2) is 4.98 Å². The van der Waals surface area contributed by atoms with Crippen molar-refractivity contribution in [2.24, 2.45) is 0 Å². The van der Waals surface area contributed by atoms with Crippen molar-refractivity contribution in [2.75, 3.05) is 0 Å². The fourth-order valence-corrected chi connectivity index (χ4v) is 3.07. The lowest BCUT2D eigenvalue weighted by Crippen LogP contribution is -2.37. The Morgan fingerprint density at radius 2 is 1.84 bits per heavy atom. The molecule has 2 nitrogen and oxygen atoms in total. The molecule has 1 aromatic carbocycles. The van der Waals surface area contributed by atoms with E-state index < -0.39 is 0 Å². The van der Waals surface area contributed by atoms with E-state index in [-0.39, 0.29) is 5.41 Å². The molecule has 19 heavy (non-hydrogen) atoms. The molecule has 1 heterocycles. The van der Waals surface area contributed by atoms with E-state index in [1.165, 1.54) is 12.0 Å². The van der Waals surface area contributed by atoms with Crippen molar-refractivity contribution in [3.63, 3.8) is 0 Å². The van der Waals surface area contributed by atoms with E-state index in [4.69, 9.17) is 12.2 Å². The minimum absolute atomic E-state index is 0.0489. The Morgan fingerprint density at radius 3 is 2.37 bits per heavy atom. The van der Waals surface area contributed by atoms with Gasteiger partial charge in [0.05, 0.1) is 5.41 Å². The first-order valence-electron chi connectivity index (χ1n) is 6.77. The molecule has 1 saturated carbocycles. The third kappa shape index (κ3) is 1.93. The molecule has 0 amide bonds. The first-order valence-corrected chi connectivity index (χ1v) is 7.18. The lowest BCUT2D eigenvalue weighted by molar-refractivity contribution is 0.284. The maximum absolute atomic E-state index is 5.39. The number of aromatic amines is 1. The summed E-state index contributed by atoms with van der Waals surface area (Å²) >= 11 is 5.39. The van der Waals surface area contributed by atoms with Crippen LogP contribution in [0.5, 0.6) is 0 Å². The fraction of sp³-hybridized carbons (Fsp3) is 0.375. The van der Waals surface area contributed by atoms with Crippen LogP contribution in [0.25, 0.3) is 0 Å². The van der Waals surface area contributed by atoms with Gasteiger partial charge in [0.15, 0.2) is 0 Å². The fourth-order valence-electron chi connectivity index (χ4n) is 2.82. The number of nitrogens with zero attached hydrogens (tertiary/aromatic N) is 1. The van der Waals surface area contributed by atoms with Crippen LogP contribution in [-0.2, 0) is 5.41 Å². The second-order valence-electron chi connectivity index (χ2n) is 5.44. The van der Waals surface area contributed by atoms with Crippen LogP contribution in [0.15, 0.2) is 30.3 Å². The van der Waals surface area contributed by atoms with Gasteiger partial charge in [0, 0.05) is 11.3 Å². The average molecular weight is 270 g/mol. The van der Waals surface area contributed by atoms with Crippen LogP contribution in [0.4, 0.5) is 0 Å². The Balaban J connectivity index is 2.16. The van der Waals surface area contributed by atoms with Crippen LogP contribution in [0.1, 0.15) is 41.9 Å². The zero-order valence-corrected chi connectivity index (χ0v) is 12.2. The first-order chi connectivity index (χ1) is 9.13. The van der Waals surface area contributed by atoms with Crippen LogP contribution in [-0.4, -0.2) is 9.97 Å². The SMILES string of the molecule is Cc1[nH]c(C2(c3ccccc3)CCC2)nc(=S)c1C. The number of H-pyrrole nitrogens is 1. The minimum atomic E-state index is 0.0489. The van der Waals surface area contributed by atoms with Crippen LogP contribution in [0, 0.1) is 18.5 Å². The zero-order valence-electron chi connectivity index (χ0n) is 11.4. The van der Waals surface area contributed by atoms with Gasteiger partial charge >= 0.3 is 0 Å². The van der Waals surface area contributed by atoms with Crippen LogP contribution in [0.2, 0.25) is 0 Å². The van der Waals surface area contributed by atoms with Gasteiger partial charge in [0.1, 0.15) is 10.5 Å². The summed E-state index contributed by atoms with van der Waals surface area (Å²) in [6.07, 6.45) is 3.56. The highest BCUT2D eigenvalue weighted by Crippen LogP contribution is 2.47. The van der Waals surface area contributed by atoms with Crippen LogP contribution in [0.3, 0.4) is 0 Å². The number of hydrogen-bond acceptors (Lipinski definition) is 2. The summed E-state index contributed by atoms with van der Waals surface area (Å²) in [4.78, 5) is 8.14. The third-order valence-corrected chi connectivity index (χ3v) is 4.79. The van der Waals surface area contributed by atoms with E-state index in [1.54, 1.807) is 0 Å². The molecule has 1 aromatic heterocycles. The van der Waals surface area contributed by atoms with Crippen molar-refractivity contribution in [3.8, 4) is 0 Å². The smallest absolute Gasteiger partial charge is 0.132 e. The maximum Gasteiger partial charge on any atom is 0.132 e. The maximum atomic E-state index is 5.39. The molecule has 1 aliphatic carbocycles. The predicted octanol–water partition coefficient (Wildman–Crippen LogP) is 4.23. The molecule has 98 valence electrons. The normalized spacial score (nSPS) is 16.9. The summed E-state index contributed by atoms with van der Waals surface area (Å²) in [6, 6.07) is 10.7. The summed E-state index contributed by atoms with van der Waals surface area (Å²) in [5, 5.41) is 0. The van der Waals surface area contributed by atoms with Gasteiger partial charge in [-0.2, -0.15) is 0 Å². The molecule has 0 radical (unpaired) electrons. The standard InChI is InChI=1S/C16H18N2S/c1-11-12(2)17-15(18-14(11)19)16(9-6-10-16)13-7-4-3-5-8-13/h3-5,7-8H,6,9-10H2,1-2H3,(H,17,18,19). The van der Waals surface area contributed by atoms with Crippen LogP contribution >= 0.6 is 12.2 Å². The highest BCUT2D eigenvalue weighted by atomic mass is 32.1. The van der Waals surface area contributed by atoms with E-state index in [9.17, 15) is 0 Å². The summed E-state index contributed by atoms with van der Waals surface area (Å²) in [6.45, 7) is 4.11. The Bertz CT molecular complexity index is 654. The lowest BCUT2D eigenvalue weighted by atomic mass is 9.64. The molecule has 0 saturated heterocycles. The van der Waals surface area contributed by atoms with Crippen LogP contribution < -0.4 is 0 Å². The second-order valence-corrected chi connectivity index (χ2v) is 5.83. The molecular formula is C16H18N2S.